The molecule has 0 aromatic carbocycles. The van der Waals surface area contributed by atoms with Crippen molar-refractivity contribution in [3.8, 4) is 0 Å². The summed E-state index contributed by atoms with van der Waals surface area (Å²) in [6.45, 7) is 2.92. The molecule has 4 nitrogen and oxygen atoms in total. The third-order valence-corrected chi connectivity index (χ3v) is 3.00. The largest absolute Gasteiger partial charge is 0.466 e. The summed E-state index contributed by atoms with van der Waals surface area (Å²) in [5.41, 5.74) is 0.958. The molecule has 1 unspecified atom stereocenters. The summed E-state index contributed by atoms with van der Waals surface area (Å²) in [7, 11) is 1.91. The topological polar surface area (TPSA) is 43.0 Å². The summed E-state index contributed by atoms with van der Waals surface area (Å²) in [5, 5.41) is 7.76. The summed E-state index contributed by atoms with van der Waals surface area (Å²) in [5.74, 6) is 0.862. The molecule has 0 fully saturated rings. The molecule has 2 aromatic rings. The van der Waals surface area contributed by atoms with E-state index in [0.717, 1.165) is 22.5 Å². The highest BCUT2D eigenvalue weighted by Crippen LogP contribution is 2.28. The molecule has 0 spiro atoms. The SMILES string of the molecule is CCNC(c1ccn(C)n1)c1occc1Br. The Morgan fingerprint density at radius 1 is 1.56 bits per heavy atom. The van der Waals surface area contributed by atoms with Crippen molar-refractivity contribution < 1.29 is 4.42 Å². The zero-order valence-corrected chi connectivity index (χ0v) is 10.9. The maximum Gasteiger partial charge on any atom is 0.141 e. The van der Waals surface area contributed by atoms with E-state index in [4.69, 9.17) is 4.42 Å². The van der Waals surface area contributed by atoms with Crippen LogP contribution in [0.2, 0.25) is 0 Å². The van der Waals surface area contributed by atoms with Crippen molar-refractivity contribution in [2.45, 2.75) is 13.0 Å². The number of nitrogens with one attached hydrogen (secondary N) is 1. The molecular weight excluding hydrogens is 270 g/mol. The first kappa shape index (κ1) is 11.4. The molecule has 1 N–H and O–H groups in total. The van der Waals surface area contributed by atoms with Crippen molar-refractivity contribution in [2.24, 2.45) is 7.05 Å². The van der Waals surface area contributed by atoms with Crippen LogP contribution in [0.3, 0.4) is 0 Å². The van der Waals surface area contributed by atoms with Gasteiger partial charge < -0.3 is 9.73 Å². The fourth-order valence-corrected chi connectivity index (χ4v) is 2.06. The summed E-state index contributed by atoms with van der Waals surface area (Å²) in [6, 6.07) is 3.88. The molecule has 86 valence electrons. The van der Waals surface area contributed by atoms with Gasteiger partial charge in [-0.05, 0) is 34.6 Å². The normalized spacial score (nSPS) is 12.9. The first-order valence-electron chi connectivity index (χ1n) is 5.18. The first-order valence-corrected chi connectivity index (χ1v) is 5.97. The minimum atomic E-state index is -0.00410. The smallest absolute Gasteiger partial charge is 0.141 e. The maximum absolute atomic E-state index is 5.48. The van der Waals surface area contributed by atoms with Crippen LogP contribution in [0.4, 0.5) is 0 Å². The third kappa shape index (κ3) is 2.20. The van der Waals surface area contributed by atoms with Crippen LogP contribution in [-0.2, 0) is 7.05 Å². The Morgan fingerprint density at radius 2 is 2.38 bits per heavy atom. The Labute approximate surface area is 103 Å². The highest BCUT2D eigenvalue weighted by Gasteiger charge is 2.21. The zero-order chi connectivity index (χ0) is 11.5. The lowest BCUT2D eigenvalue weighted by Gasteiger charge is -2.13. The quantitative estimate of drug-likeness (QED) is 0.938. The fourth-order valence-electron chi connectivity index (χ4n) is 1.63. The molecule has 0 saturated heterocycles. The van der Waals surface area contributed by atoms with Gasteiger partial charge in [0.25, 0.3) is 0 Å². The molecule has 5 heteroatoms. The Balaban J connectivity index is 2.34. The molecule has 0 amide bonds. The number of hydrogen-bond donors (Lipinski definition) is 1. The van der Waals surface area contributed by atoms with Gasteiger partial charge in [-0.25, -0.2) is 0 Å². The van der Waals surface area contributed by atoms with Crippen LogP contribution >= 0.6 is 15.9 Å². The van der Waals surface area contributed by atoms with E-state index < -0.39 is 0 Å². The third-order valence-electron chi connectivity index (χ3n) is 2.35. The van der Waals surface area contributed by atoms with Crippen LogP contribution in [0, 0.1) is 0 Å². The highest BCUT2D eigenvalue weighted by atomic mass is 79.9. The maximum atomic E-state index is 5.48. The Morgan fingerprint density at radius 3 is 2.88 bits per heavy atom. The van der Waals surface area contributed by atoms with Crippen molar-refractivity contribution in [1.29, 1.82) is 0 Å². The first-order chi connectivity index (χ1) is 7.72. The van der Waals surface area contributed by atoms with Crippen LogP contribution in [-0.4, -0.2) is 16.3 Å². The average Bonchev–Trinajstić information content (AvgIpc) is 2.84. The summed E-state index contributed by atoms with van der Waals surface area (Å²) >= 11 is 3.47. The molecule has 2 rings (SSSR count). The molecule has 0 radical (unpaired) electrons. The van der Waals surface area contributed by atoms with Crippen LogP contribution < -0.4 is 5.32 Å². The van der Waals surface area contributed by atoms with E-state index in [9.17, 15) is 0 Å². The number of hydrogen-bond acceptors (Lipinski definition) is 3. The minimum Gasteiger partial charge on any atom is -0.466 e. The van der Waals surface area contributed by atoms with E-state index in [1.807, 2.05) is 25.4 Å². The van der Waals surface area contributed by atoms with Crippen LogP contribution in [0.1, 0.15) is 24.4 Å². The van der Waals surface area contributed by atoms with Crippen molar-refractivity contribution >= 4 is 15.9 Å². The Hall–Kier alpha value is -1.07. The lowest BCUT2D eigenvalue weighted by molar-refractivity contribution is 0.443. The van der Waals surface area contributed by atoms with Crippen molar-refractivity contribution in [3.63, 3.8) is 0 Å². The fraction of sp³-hybridized carbons (Fsp3) is 0.364. The van der Waals surface area contributed by atoms with E-state index in [1.165, 1.54) is 0 Å². The summed E-state index contributed by atoms with van der Waals surface area (Å²) in [4.78, 5) is 0. The number of halogens is 1. The number of nitrogens with zero attached hydrogens (tertiary/aromatic N) is 2. The van der Waals surface area contributed by atoms with E-state index in [1.54, 1.807) is 10.9 Å². The van der Waals surface area contributed by atoms with Gasteiger partial charge in [-0.2, -0.15) is 5.10 Å². The number of aromatic nitrogens is 2. The number of rotatable bonds is 4. The van der Waals surface area contributed by atoms with Gasteiger partial charge in [0.1, 0.15) is 11.8 Å². The Kier molecular flexibility index (Phi) is 3.46. The predicted octanol–water partition coefficient (Wildman–Crippen LogP) is 2.47. The van der Waals surface area contributed by atoms with Crippen molar-refractivity contribution in [1.82, 2.24) is 15.1 Å². The lowest BCUT2D eigenvalue weighted by Crippen LogP contribution is -2.22. The molecule has 0 aliphatic carbocycles. The molecule has 0 aliphatic rings. The van der Waals surface area contributed by atoms with Gasteiger partial charge in [0.15, 0.2) is 0 Å². The van der Waals surface area contributed by atoms with Crippen LogP contribution in [0.15, 0.2) is 33.5 Å². The monoisotopic (exact) mass is 283 g/mol. The van der Waals surface area contributed by atoms with E-state index in [0.29, 0.717) is 0 Å². The number of furan rings is 1. The molecule has 2 aromatic heterocycles. The second kappa shape index (κ2) is 4.84. The molecule has 1 atom stereocenters. The Bertz CT molecular complexity index is 463. The molecule has 0 bridgehead atoms. The second-order valence-electron chi connectivity index (χ2n) is 3.54. The highest BCUT2D eigenvalue weighted by molar-refractivity contribution is 9.10. The lowest BCUT2D eigenvalue weighted by atomic mass is 10.1. The van der Waals surface area contributed by atoms with Gasteiger partial charge in [-0.15, -0.1) is 0 Å². The van der Waals surface area contributed by atoms with Gasteiger partial charge in [0.05, 0.1) is 16.4 Å². The number of aryl methyl sites for hydroxylation is 1. The molecule has 16 heavy (non-hydrogen) atoms. The predicted molar refractivity (Wildman–Crippen MR) is 65.1 cm³/mol. The van der Waals surface area contributed by atoms with E-state index >= 15 is 0 Å². The van der Waals surface area contributed by atoms with E-state index in [-0.39, 0.29) is 6.04 Å². The standard InChI is InChI=1S/C11H14BrN3O/c1-3-13-10(9-4-6-15(2)14-9)11-8(12)5-7-16-11/h4-7,10,13H,3H2,1-2H3. The van der Waals surface area contributed by atoms with Gasteiger partial charge in [0.2, 0.25) is 0 Å². The zero-order valence-electron chi connectivity index (χ0n) is 9.27. The minimum absolute atomic E-state index is 0.00410. The van der Waals surface area contributed by atoms with Crippen LogP contribution in [0.5, 0.6) is 0 Å². The summed E-state index contributed by atoms with van der Waals surface area (Å²) in [6.07, 6.45) is 3.60. The molecule has 0 saturated carbocycles. The molecule has 0 aliphatic heterocycles. The van der Waals surface area contributed by atoms with Crippen molar-refractivity contribution in [3.05, 3.63) is 40.5 Å². The van der Waals surface area contributed by atoms with Gasteiger partial charge >= 0.3 is 0 Å². The molecule has 2 heterocycles. The second-order valence-corrected chi connectivity index (χ2v) is 4.39. The van der Waals surface area contributed by atoms with Crippen LogP contribution in [0.25, 0.3) is 0 Å². The average molecular weight is 284 g/mol. The van der Waals surface area contributed by atoms with Crippen molar-refractivity contribution in [2.75, 3.05) is 6.54 Å². The van der Waals surface area contributed by atoms with Gasteiger partial charge in [0, 0.05) is 13.2 Å². The molecular formula is C11H14BrN3O. The van der Waals surface area contributed by atoms with Gasteiger partial charge in [-0.3, -0.25) is 4.68 Å². The van der Waals surface area contributed by atoms with E-state index in [2.05, 4.69) is 33.3 Å². The van der Waals surface area contributed by atoms with Gasteiger partial charge in [-0.1, -0.05) is 6.92 Å². The summed E-state index contributed by atoms with van der Waals surface area (Å²) < 4.78 is 8.23.